The maximum atomic E-state index is 12.5. The van der Waals surface area contributed by atoms with E-state index in [1.807, 2.05) is 0 Å². The zero-order chi connectivity index (χ0) is 39.8. The summed E-state index contributed by atoms with van der Waals surface area (Å²) in [5, 5.41) is 8.88. The van der Waals surface area contributed by atoms with Crippen LogP contribution in [0, 0.1) is 0 Å². The van der Waals surface area contributed by atoms with E-state index < -0.39 is 45.1 Å². The number of phosphoric ester groups is 1. The van der Waals surface area contributed by atoms with Gasteiger partial charge in [0.1, 0.15) is 12.1 Å². The second-order valence-electron chi connectivity index (χ2n) is 14.5. The number of hydrogen-bond donors (Lipinski definition) is 3. The Morgan fingerprint density at radius 1 is 0.593 bits per heavy atom. The van der Waals surface area contributed by atoms with Gasteiger partial charge in [0.2, 0.25) is 0 Å². The molecule has 54 heavy (non-hydrogen) atoms. The molecule has 0 bridgehead atoms. The van der Waals surface area contributed by atoms with E-state index in [1.165, 1.54) is 89.9 Å². The lowest BCUT2D eigenvalue weighted by Crippen LogP contribution is -2.34. The first kappa shape index (κ1) is 52.2. The fourth-order valence-corrected chi connectivity index (χ4v) is 6.53. The predicted molar refractivity (Wildman–Crippen MR) is 221 cm³/mol. The monoisotopic (exact) mass is 786 g/mol. The van der Waals surface area contributed by atoms with Crippen molar-refractivity contribution >= 4 is 19.8 Å². The van der Waals surface area contributed by atoms with Gasteiger partial charge >= 0.3 is 19.8 Å². The Balaban J connectivity index is 4.13. The van der Waals surface area contributed by atoms with Crippen LogP contribution >= 0.6 is 7.82 Å². The molecule has 0 aliphatic rings. The number of esters is 1. The van der Waals surface area contributed by atoms with E-state index >= 15 is 0 Å². The molecule has 0 amide bonds. The molecule has 10 nitrogen and oxygen atoms in total. The van der Waals surface area contributed by atoms with Gasteiger partial charge in [-0.1, -0.05) is 153 Å². The van der Waals surface area contributed by atoms with E-state index in [4.69, 9.17) is 29.4 Å². The molecule has 3 unspecified atom stereocenters. The normalized spacial score (nSPS) is 14.3. The first-order valence-electron chi connectivity index (χ1n) is 21.5. The number of phosphoric acid groups is 1. The van der Waals surface area contributed by atoms with E-state index in [1.54, 1.807) is 0 Å². The van der Waals surface area contributed by atoms with Crippen LogP contribution in [0.4, 0.5) is 0 Å². The van der Waals surface area contributed by atoms with E-state index in [0.717, 1.165) is 70.6 Å². The average molecular weight is 786 g/mol. The molecule has 11 heteroatoms. The minimum atomic E-state index is -4.61. The van der Waals surface area contributed by atoms with Gasteiger partial charge in [0, 0.05) is 13.0 Å². The van der Waals surface area contributed by atoms with Crippen molar-refractivity contribution in [1.82, 2.24) is 0 Å². The molecule has 0 rings (SSSR count). The van der Waals surface area contributed by atoms with Crippen LogP contribution in [0.2, 0.25) is 0 Å². The first-order chi connectivity index (χ1) is 26.2. The smallest absolute Gasteiger partial charge is 0.472 e. The van der Waals surface area contributed by atoms with Crippen LogP contribution in [0.25, 0.3) is 0 Å². The summed E-state index contributed by atoms with van der Waals surface area (Å²) < 4.78 is 33.3. The summed E-state index contributed by atoms with van der Waals surface area (Å²) in [6.45, 7) is 3.79. The number of nitrogens with two attached hydrogens (primary N) is 1. The molecule has 0 aliphatic carbocycles. The summed E-state index contributed by atoms with van der Waals surface area (Å²) in [5.74, 6) is -1.79. The number of carbonyl (C=O) groups excluding carboxylic acids is 1. The number of rotatable bonds is 41. The fourth-order valence-electron chi connectivity index (χ4n) is 5.75. The van der Waals surface area contributed by atoms with Crippen LogP contribution < -0.4 is 5.73 Å². The molecule has 0 saturated heterocycles. The van der Waals surface area contributed by atoms with Gasteiger partial charge in [-0.3, -0.25) is 18.6 Å². The summed E-state index contributed by atoms with van der Waals surface area (Å²) in [7, 11) is -4.61. The minimum Gasteiger partial charge on any atom is -0.480 e. The van der Waals surface area contributed by atoms with E-state index in [2.05, 4.69) is 50.3 Å². The summed E-state index contributed by atoms with van der Waals surface area (Å²) in [5.41, 5.74) is 5.34. The van der Waals surface area contributed by atoms with Crippen LogP contribution in [0.5, 0.6) is 0 Å². The van der Waals surface area contributed by atoms with Gasteiger partial charge in [-0.25, -0.2) is 4.57 Å². The Morgan fingerprint density at radius 3 is 1.59 bits per heavy atom. The number of carboxylic acids is 1. The van der Waals surface area contributed by atoms with E-state index in [0.29, 0.717) is 13.0 Å². The Hall–Kier alpha value is -1.81. The Bertz CT molecular complexity index is 1000. The molecule has 0 aromatic carbocycles. The lowest BCUT2D eigenvalue weighted by atomic mass is 10.1. The maximum Gasteiger partial charge on any atom is 0.472 e. The molecule has 0 saturated carbocycles. The van der Waals surface area contributed by atoms with Crippen molar-refractivity contribution in [1.29, 1.82) is 0 Å². The van der Waals surface area contributed by atoms with Crippen LogP contribution in [-0.2, 0) is 32.7 Å². The van der Waals surface area contributed by atoms with Crippen molar-refractivity contribution in [2.75, 3.05) is 26.4 Å². The molecular formula is C43H80NO9P. The standard InChI is InChI=1S/C43H80NO9P/c1-3-5-7-9-11-13-15-16-17-18-19-20-21-22-23-24-25-26-28-30-32-34-36-50-37-40(38-51-54(48,49)52-39-41(44)43(46)47)53-42(45)35-33-31-29-27-14-12-10-8-6-4-2/h8,10,15-16,18-19,40-41H,3-7,9,11-14,17,20-39,44H2,1-2H3,(H,46,47)(H,48,49)/b10-8-,16-15-,19-18-. The third kappa shape index (κ3) is 38.5. The number of hydrogen-bond acceptors (Lipinski definition) is 8. The highest BCUT2D eigenvalue weighted by atomic mass is 31.2. The molecular weight excluding hydrogens is 705 g/mol. The van der Waals surface area contributed by atoms with Gasteiger partial charge in [-0.05, 0) is 64.2 Å². The quantitative estimate of drug-likeness (QED) is 0.0236. The summed E-state index contributed by atoms with van der Waals surface area (Å²) in [6, 6.07) is -1.47. The molecule has 0 fully saturated rings. The highest BCUT2D eigenvalue weighted by Crippen LogP contribution is 2.43. The SMILES string of the molecule is CCC/C=C\CCCCCCCC(=O)OC(COCCCCCCCCCCCC/C=C\C/C=C\CCCCCCC)COP(=O)(O)OCC(N)C(=O)O. The second-order valence-corrected chi connectivity index (χ2v) is 15.9. The van der Waals surface area contributed by atoms with Crippen molar-refractivity contribution in [3.8, 4) is 0 Å². The molecule has 0 aromatic rings. The molecule has 316 valence electrons. The van der Waals surface area contributed by atoms with Gasteiger partial charge in [-0.2, -0.15) is 0 Å². The first-order valence-corrected chi connectivity index (χ1v) is 23.0. The van der Waals surface area contributed by atoms with Crippen molar-refractivity contribution in [2.24, 2.45) is 5.73 Å². The number of ether oxygens (including phenoxy) is 2. The molecule has 0 heterocycles. The third-order valence-electron chi connectivity index (χ3n) is 9.12. The number of carboxylic acid groups (broad SMARTS) is 1. The van der Waals surface area contributed by atoms with Gasteiger partial charge in [0.15, 0.2) is 0 Å². The average Bonchev–Trinajstić information content (AvgIpc) is 3.15. The maximum absolute atomic E-state index is 12.5. The van der Waals surface area contributed by atoms with Crippen LogP contribution in [0.15, 0.2) is 36.5 Å². The Kier molecular flexibility index (Phi) is 38.1. The fraction of sp³-hybridized carbons (Fsp3) is 0.814. The van der Waals surface area contributed by atoms with Gasteiger partial charge in [-0.15, -0.1) is 0 Å². The Labute approximate surface area is 329 Å². The Morgan fingerprint density at radius 2 is 1.06 bits per heavy atom. The minimum absolute atomic E-state index is 0.0119. The van der Waals surface area contributed by atoms with Gasteiger partial charge in [0.05, 0.1) is 19.8 Å². The van der Waals surface area contributed by atoms with Gasteiger partial charge in [0.25, 0.3) is 0 Å². The van der Waals surface area contributed by atoms with Crippen molar-refractivity contribution in [3.63, 3.8) is 0 Å². The summed E-state index contributed by atoms with van der Waals surface area (Å²) in [4.78, 5) is 33.4. The zero-order valence-corrected chi connectivity index (χ0v) is 35.2. The highest BCUT2D eigenvalue weighted by Gasteiger charge is 2.27. The molecule has 0 aromatic heterocycles. The van der Waals surface area contributed by atoms with E-state index in [-0.39, 0.29) is 13.0 Å². The number of unbranched alkanes of at least 4 members (excludes halogenated alkanes) is 21. The number of allylic oxidation sites excluding steroid dienone is 6. The van der Waals surface area contributed by atoms with Crippen LogP contribution in [0.3, 0.4) is 0 Å². The van der Waals surface area contributed by atoms with Crippen molar-refractivity contribution in [2.45, 2.75) is 199 Å². The lowest BCUT2D eigenvalue weighted by Gasteiger charge is -2.20. The zero-order valence-electron chi connectivity index (χ0n) is 34.3. The lowest BCUT2D eigenvalue weighted by molar-refractivity contribution is -0.154. The predicted octanol–water partition coefficient (Wildman–Crippen LogP) is 11.7. The van der Waals surface area contributed by atoms with E-state index in [9.17, 15) is 19.0 Å². The molecule has 0 aliphatic heterocycles. The number of aliphatic carboxylic acids is 1. The largest absolute Gasteiger partial charge is 0.480 e. The third-order valence-corrected chi connectivity index (χ3v) is 10.1. The van der Waals surface area contributed by atoms with Crippen molar-refractivity contribution in [3.05, 3.63) is 36.5 Å². The van der Waals surface area contributed by atoms with Crippen molar-refractivity contribution < 1.29 is 42.7 Å². The van der Waals surface area contributed by atoms with Crippen LogP contribution in [-0.4, -0.2) is 60.5 Å². The van der Waals surface area contributed by atoms with Crippen LogP contribution in [0.1, 0.15) is 187 Å². The molecule has 0 spiro atoms. The summed E-state index contributed by atoms with van der Waals surface area (Å²) >= 11 is 0. The van der Waals surface area contributed by atoms with Gasteiger partial charge < -0.3 is 25.2 Å². The molecule has 3 atom stereocenters. The molecule has 0 radical (unpaired) electrons. The second kappa shape index (κ2) is 39.4. The highest BCUT2D eigenvalue weighted by molar-refractivity contribution is 7.47. The molecule has 4 N–H and O–H groups in total. The number of carbonyl (C=O) groups is 2. The topological polar surface area (TPSA) is 155 Å². The summed E-state index contributed by atoms with van der Waals surface area (Å²) in [6.07, 6.45) is 43.5.